The molecule has 0 atom stereocenters. The summed E-state index contributed by atoms with van der Waals surface area (Å²) in [7, 11) is 0. The van der Waals surface area contributed by atoms with Crippen LogP contribution in [-0.4, -0.2) is 72.2 Å². The lowest BCUT2D eigenvalue weighted by Crippen LogP contribution is -2.46. The summed E-state index contributed by atoms with van der Waals surface area (Å²) >= 11 is 0.806. The average Bonchev–Trinajstić information content (AvgIpc) is 3.13. The van der Waals surface area contributed by atoms with Gasteiger partial charge >= 0.3 is 0 Å². The van der Waals surface area contributed by atoms with Crippen molar-refractivity contribution in [2.75, 3.05) is 44.8 Å². The number of benzene rings is 2. The van der Waals surface area contributed by atoms with Gasteiger partial charge in [-0.05, 0) is 66.6 Å². The predicted octanol–water partition coefficient (Wildman–Crippen LogP) is 3.22. The normalized spacial score (nSPS) is 17.0. The summed E-state index contributed by atoms with van der Waals surface area (Å²) in [6, 6.07) is 12.7. The Bertz CT molecular complexity index is 1200. The van der Waals surface area contributed by atoms with Crippen molar-refractivity contribution in [2.24, 2.45) is 0 Å². The van der Waals surface area contributed by atoms with Crippen LogP contribution in [0.15, 0.2) is 47.4 Å². The van der Waals surface area contributed by atoms with Gasteiger partial charge in [0.2, 0.25) is 5.91 Å². The van der Waals surface area contributed by atoms with Crippen LogP contribution in [0.4, 0.5) is 10.5 Å². The molecule has 1 N–H and O–H groups in total. The van der Waals surface area contributed by atoms with Gasteiger partial charge in [-0.1, -0.05) is 24.3 Å². The zero-order valence-corrected chi connectivity index (χ0v) is 20.9. The highest BCUT2D eigenvalue weighted by Crippen LogP contribution is 2.32. The number of thioether (sulfide) groups is 1. The Kier molecular flexibility index (Phi) is 8.07. The number of aryl methyl sites for hydroxylation is 2. The maximum Gasteiger partial charge on any atom is 0.294 e. The third kappa shape index (κ3) is 6.32. The molecule has 10 heteroatoms. The van der Waals surface area contributed by atoms with E-state index in [0.717, 1.165) is 33.5 Å². The SMILES string of the molecule is Cc1ccc(C)c(NC(=O)COc2ccc(/C=C3\SC(=O)N(CC(=O)N4CCOCC4)C3=O)cc2)c1. The van der Waals surface area contributed by atoms with Crippen molar-refractivity contribution < 1.29 is 28.7 Å². The maximum absolute atomic E-state index is 12.7. The van der Waals surface area contributed by atoms with Crippen LogP contribution in [-0.2, 0) is 19.1 Å². The monoisotopic (exact) mass is 509 g/mol. The van der Waals surface area contributed by atoms with Crippen LogP contribution in [0, 0.1) is 13.8 Å². The molecule has 36 heavy (non-hydrogen) atoms. The number of nitrogens with one attached hydrogen (secondary N) is 1. The van der Waals surface area contributed by atoms with Crippen LogP contribution in [0.3, 0.4) is 0 Å². The third-order valence-corrected chi connectivity index (χ3v) is 6.65. The Morgan fingerprint density at radius 2 is 1.81 bits per heavy atom. The maximum atomic E-state index is 12.7. The zero-order valence-electron chi connectivity index (χ0n) is 20.1. The number of rotatable bonds is 7. The Hall–Kier alpha value is -3.63. The molecule has 2 heterocycles. The molecule has 0 saturated carbocycles. The van der Waals surface area contributed by atoms with E-state index in [1.165, 1.54) is 0 Å². The lowest BCUT2D eigenvalue weighted by molar-refractivity contribution is -0.139. The molecule has 4 rings (SSSR count). The van der Waals surface area contributed by atoms with Gasteiger partial charge in [0, 0.05) is 18.8 Å². The summed E-state index contributed by atoms with van der Waals surface area (Å²) in [5.41, 5.74) is 3.45. The van der Waals surface area contributed by atoms with Gasteiger partial charge in [-0.25, -0.2) is 0 Å². The molecule has 2 saturated heterocycles. The first-order valence-electron chi connectivity index (χ1n) is 11.5. The first kappa shape index (κ1) is 25.5. The van der Waals surface area contributed by atoms with E-state index < -0.39 is 11.1 Å². The lowest BCUT2D eigenvalue weighted by atomic mass is 10.1. The molecule has 9 nitrogen and oxygen atoms in total. The number of carbonyl (C=O) groups excluding carboxylic acids is 4. The Balaban J connectivity index is 1.31. The van der Waals surface area contributed by atoms with Crippen molar-refractivity contribution in [3.8, 4) is 5.75 Å². The van der Waals surface area contributed by atoms with Crippen LogP contribution in [0.1, 0.15) is 16.7 Å². The lowest BCUT2D eigenvalue weighted by Gasteiger charge is -2.28. The van der Waals surface area contributed by atoms with Crippen LogP contribution in [0.2, 0.25) is 0 Å². The summed E-state index contributed by atoms with van der Waals surface area (Å²) in [6.07, 6.45) is 1.60. The van der Waals surface area contributed by atoms with E-state index in [2.05, 4.69) is 5.32 Å². The van der Waals surface area contributed by atoms with Gasteiger partial charge in [-0.3, -0.25) is 24.1 Å². The van der Waals surface area contributed by atoms with Crippen molar-refractivity contribution in [3.05, 3.63) is 64.1 Å². The molecule has 188 valence electrons. The summed E-state index contributed by atoms with van der Waals surface area (Å²) in [6.45, 7) is 5.25. The number of carbonyl (C=O) groups is 4. The number of amides is 4. The third-order valence-electron chi connectivity index (χ3n) is 5.75. The first-order valence-corrected chi connectivity index (χ1v) is 12.3. The second-order valence-corrected chi connectivity index (χ2v) is 9.48. The smallest absolute Gasteiger partial charge is 0.294 e. The molecule has 2 aliphatic rings. The molecule has 0 spiro atoms. The van der Waals surface area contributed by atoms with Crippen LogP contribution < -0.4 is 10.1 Å². The zero-order chi connectivity index (χ0) is 25.7. The first-order chi connectivity index (χ1) is 17.3. The van der Waals surface area contributed by atoms with Gasteiger partial charge in [-0.15, -0.1) is 0 Å². The second-order valence-electron chi connectivity index (χ2n) is 8.49. The summed E-state index contributed by atoms with van der Waals surface area (Å²) in [5.74, 6) is -0.541. The van der Waals surface area contributed by atoms with Gasteiger partial charge in [0.1, 0.15) is 12.3 Å². The van der Waals surface area contributed by atoms with Gasteiger partial charge in [0.05, 0.1) is 18.1 Å². The van der Waals surface area contributed by atoms with Gasteiger partial charge < -0.3 is 19.7 Å². The van der Waals surface area contributed by atoms with E-state index >= 15 is 0 Å². The molecule has 2 aromatic carbocycles. The minimum Gasteiger partial charge on any atom is -0.484 e. The highest BCUT2D eigenvalue weighted by Gasteiger charge is 2.37. The highest BCUT2D eigenvalue weighted by molar-refractivity contribution is 8.18. The largest absolute Gasteiger partial charge is 0.484 e. The van der Waals surface area contributed by atoms with Crippen molar-refractivity contribution >= 4 is 46.5 Å². The fraction of sp³-hybridized carbons (Fsp3) is 0.308. The summed E-state index contributed by atoms with van der Waals surface area (Å²) in [5, 5.41) is 2.38. The van der Waals surface area contributed by atoms with E-state index in [-0.39, 0.29) is 29.9 Å². The van der Waals surface area contributed by atoms with Crippen molar-refractivity contribution in [1.29, 1.82) is 0 Å². The minimum atomic E-state index is -0.491. The van der Waals surface area contributed by atoms with Crippen molar-refractivity contribution in [1.82, 2.24) is 9.80 Å². The molecule has 2 aliphatic heterocycles. The van der Waals surface area contributed by atoms with E-state index in [0.29, 0.717) is 37.6 Å². The Morgan fingerprint density at radius 3 is 2.53 bits per heavy atom. The van der Waals surface area contributed by atoms with Crippen molar-refractivity contribution in [2.45, 2.75) is 13.8 Å². The topological polar surface area (TPSA) is 105 Å². The molecule has 2 aromatic rings. The fourth-order valence-electron chi connectivity index (χ4n) is 3.70. The molecular formula is C26H27N3O6S. The molecule has 0 radical (unpaired) electrons. The molecule has 0 bridgehead atoms. The highest BCUT2D eigenvalue weighted by atomic mass is 32.2. The van der Waals surface area contributed by atoms with Gasteiger partial charge in [0.25, 0.3) is 17.1 Å². The molecule has 2 fully saturated rings. The van der Waals surface area contributed by atoms with E-state index in [1.807, 2.05) is 32.0 Å². The number of morpholine rings is 1. The molecule has 0 aliphatic carbocycles. The number of anilines is 1. The van der Waals surface area contributed by atoms with Crippen LogP contribution in [0.5, 0.6) is 5.75 Å². The average molecular weight is 510 g/mol. The van der Waals surface area contributed by atoms with Crippen LogP contribution >= 0.6 is 11.8 Å². The van der Waals surface area contributed by atoms with E-state index in [9.17, 15) is 19.2 Å². The minimum absolute atomic E-state index is 0.150. The molecule has 4 amide bonds. The van der Waals surface area contributed by atoms with Gasteiger partial charge in [-0.2, -0.15) is 0 Å². The quantitative estimate of drug-likeness (QED) is 0.572. The van der Waals surface area contributed by atoms with Crippen molar-refractivity contribution in [3.63, 3.8) is 0 Å². The number of nitrogens with zero attached hydrogens (tertiary/aromatic N) is 2. The number of ether oxygens (including phenoxy) is 2. The number of imide groups is 1. The Labute approximate surface area is 213 Å². The molecule has 0 aromatic heterocycles. The Morgan fingerprint density at radius 1 is 1.08 bits per heavy atom. The van der Waals surface area contributed by atoms with E-state index in [1.54, 1.807) is 35.2 Å². The second kappa shape index (κ2) is 11.4. The standard InChI is InChI=1S/C26H27N3O6S/c1-17-3-4-18(2)21(13-17)27-23(30)16-35-20-7-5-19(6-8-20)14-22-25(32)29(26(33)36-22)15-24(31)28-9-11-34-12-10-28/h3-8,13-14H,9-12,15-16H2,1-2H3,(H,27,30)/b22-14-. The molecule has 0 unspecified atom stereocenters. The van der Waals surface area contributed by atoms with Gasteiger partial charge in [0.15, 0.2) is 6.61 Å². The van der Waals surface area contributed by atoms with Crippen LogP contribution in [0.25, 0.3) is 6.08 Å². The summed E-state index contributed by atoms with van der Waals surface area (Å²) < 4.78 is 10.8. The number of hydrogen-bond acceptors (Lipinski definition) is 7. The number of hydrogen-bond donors (Lipinski definition) is 1. The summed E-state index contributed by atoms with van der Waals surface area (Å²) in [4.78, 5) is 52.6. The van der Waals surface area contributed by atoms with E-state index in [4.69, 9.17) is 9.47 Å². The fourth-order valence-corrected chi connectivity index (χ4v) is 4.54. The molecular weight excluding hydrogens is 482 g/mol. The predicted molar refractivity (Wildman–Crippen MR) is 137 cm³/mol.